The first-order valence-electron chi connectivity index (χ1n) is 10.3. The van der Waals surface area contributed by atoms with Crippen LogP contribution in [0.25, 0.3) is 29.1 Å². The van der Waals surface area contributed by atoms with E-state index in [4.69, 9.17) is 9.72 Å². The number of ether oxygens (including phenoxy) is 1. The number of aromatic nitrogens is 4. The van der Waals surface area contributed by atoms with E-state index in [0.717, 1.165) is 46.3 Å². The number of aryl methyl sites for hydroxylation is 2. The van der Waals surface area contributed by atoms with E-state index in [-0.39, 0.29) is 5.82 Å². The van der Waals surface area contributed by atoms with E-state index in [1.165, 1.54) is 17.7 Å². The molecule has 2 aromatic heterocycles. The Morgan fingerprint density at radius 2 is 1.90 bits per heavy atom. The SMILES string of the molecule is Cc1cn(-c2ccc(/C=C/c3nc(-c4ccc(F)cc4)c4n3CCOC4)cc2C)cn1. The number of rotatable bonds is 4. The number of benzene rings is 2. The van der Waals surface area contributed by atoms with Gasteiger partial charge in [0.2, 0.25) is 0 Å². The molecule has 3 heterocycles. The van der Waals surface area contributed by atoms with Crippen molar-refractivity contribution in [2.45, 2.75) is 27.0 Å². The minimum Gasteiger partial charge on any atom is -0.373 e. The summed E-state index contributed by atoms with van der Waals surface area (Å²) in [5, 5.41) is 0. The van der Waals surface area contributed by atoms with Gasteiger partial charge in [-0.25, -0.2) is 14.4 Å². The van der Waals surface area contributed by atoms with Crippen LogP contribution in [0.3, 0.4) is 0 Å². The molecular formula is C25H23FN4O. The number of halogens is 1. The molecular weight excluding hydrogens is 391 g/mol. The molecule has 0 fully saturated rings. The average Bonchev–Trinajstić information content (AvgIpc) is 3.37. The summed E-state index contributed by atoms with van der Waals surface area (Å²) in [5.74, 6) is 0.627. The summed E-state index contributed by atoms with van der Waals surface area (Å²) in [4.78, 5) is 9.17. The maximum Gasteiger partial charge on any atom is 0.133 e. The summed E-state index contributed by atoms with van der Waals surface area (Å²) in [5.41, 5.74) is 7.16. The van der Waals surface area contributed by atoms with Crippen molar-refractivity contribution in [2.75, 3.05) is 6.61 Å². The molecule has 0 aliphatic carbocycles. The van der Waals surface area contributed by atoms with Crippen LogP contribution in [-0.4, -0.2) is 25.7 Å². The second-order valence-corrected chi connectivity index (χ2v) is 7.78. The molecule has 1 aliphatic heterocycles. The molecule has 0 radical (unpaired) electrons. The molecule has 0 bridgehead atoms. The first-order chi connectivity index (χ1) is 15.1. The van der Waals surface area contributed by atoms with Crippen LogP contribution in [0.15, 0.2) is 55.0 Å². The van der Waals surface area contributed by atoms with Crippen LogP contribution in [0.4, 0.5) is 4.39 Å². The van der Waals surface area contributed by atoms with Gasteiger partial charge in [0.05, 0.1) is 36.6 Å². The molecule has 0 N–H and O–H groups in total. The van der Waals surface area contributed by atoms with Gasteiger partial charge < -0.3 is 13.9 Å². The van der Waals surface area contributed by atoms with Gasteiger partial charge in [-0.05, 0) is 67.4 Å². The normalized spacial score (nSPS) is 13.6. The molecule has 0 unspecified atom stereocenters. The fourth-order valence-electron chi connectivity index (χ4n) is 3.99. The van der Waals surface area contributed by atoms with Crippen molar-refractivity contribution in [1.82, 2.24) is 19.1 Å². The van der Waals surface area contributed by atoms with Crippen LogP contribution < -0.4 is 0 Å². The monoisotopic (exact) mass is 414 g/mol. The van der Waals surface area contributed by atoms with Crippen LogP contribution in [0.1, 0.15) is 28.3 Å². The highest BCUT2D eigenvalue weighted by Gasteiger charge is 2.20. The second-order valence-electron chi connectivity index (χ2n) is 7.78. The first kappa shape index (κ1) is 19.5. The average molecular weight is 414 g/mol. The van der Waals surface area contributed by atoms with E-state index >= 15 is 0 Å². The van der Waals surface area contributed by atoms with Gasteiger partial charge in [-0.15, -0.1) is 0 Å². The Labute approximate surface area is 180 Å². The van der Waals surface area contributed by atoms with Gasteiger partial charge >= 0.3 is 0 Å². The van der Waals surface area contributed by atoms with Gasteiger partial charge in [0.25, 0.3) is 0 Å². The summed E-state index contributed by atoms with van der Waals surface area (Å²) < 4.78 is 23.3. The molecule has 156 valence electrons. The van der Waals surface area contributed by atoms with E-state index in [1.54, 1.807) is 12.1 Å². The highest BCUT2D eigenvalue weighted by atomic mass is 19.1. The van der Waals surface area contributed by atoms with Gasteiger partial charge in [-0.2, -0.15) is 0 Å². The zero-order valence-corrected chi connectivity index (χ0v) is 17.5. The molecule has 0 spiro atoms. The standard InChI is InChI=1S/C25H23FN4O/c1-17-13-19(3-9-22(17)29-14-18(2)27-16-29)4-10-24-28-25(20-5-7-21(26)8-6-20)23-15-31-12-11-30(23)24/h3-10,13-14,16H,11-12,15H2,1-2H3/b10-4+. The molecule has 5 nitrogen and oxygen atoms in total. The van der Waals surface area contributed by atoms with Crippen LogP contribution in [-0.2, 0) is 17.9 Å². The molecule has 5 rings (SSSR count). The van der Waals surface area contributed by atoms with Crippen molar-refractivity contribution >= 4 is 12.2 Å². The lowest BCUT2D eigenvalue weighted by molar-refractivity contribution is 0.0852. The van der Waals surface area contributed by atoms with Crippen LogP contribution in [0.2, 0.25) is 0 Å². The number of imidazole rings is 2. The summed E-state index contributed by atoms with van der Waals surface area (Å²) >= 11 is 0. The van der Waals surface area contributed by atoms with Crippen molar-refractivity contribution in [1.29, 1.82) is 0 Å². The maximum absolute atomic E-state index is 13.4. The third-order valence-corrected chi connectivity index (χ3v) is 5.55. The Bertz CT molecular complexity index is 1270. The fraction of sp³-hybridized carbons (Fsp3) is 0.200. The zero-order chi connectivity index (χ0) is 21.4. The van der Waals surface area contributed by atoms with Crippen LogP contribution in [0, 0.1) is 19.7 Å². The minimum absolute atomic E-state index is 0.252. The second kappa shape index (κ2) is 7.96. The van der Waals surface area contributed by atoms with Gasteiger partial charge in [0.1, 0.15) is 11.6 Å². The van der Waals surface area contributed by atoms with E-state index < -0.39 is 0 Å². The molecule has 6 heteroatoms. The summed E-state index contributed by atoms with van der Waals surface area (Å²) in [6.45, 7) is 6.00. The van der Waals surface area contributed by atoms with E-state index in [1.807, 2.05) is 30.1 Å². The smallest absolute Gasteiger partial charge is 0.133 e. The largest absolute Gasteiger partial charge is 0.373 e. The summed E-state index contributed by atoms with van der Waals surface area (Å²) in [6.07, 6.45) is 7.98. The number of hydrogen-bond donors (Lipinski definition) is 0. The van der Waals surface area contributed by atoms with Crippen molar-refractivity contribution in [3.8, 4) is 16.9 Å². The Morgan fingerprint density at radius 1 is 1.06 bits per heavy atom. The van der Waals surface area contributed by atoms with Crippen molar-refractivity contribution in [2.24, 2.45) is 0 Å². The topological polar surface area (TPSA) is 44.9 Å². The lowest BCUT2D eigenvalue weighted by atomic mass is 10.1. The van der Waals surface area contributed by atoms with Gasteiger partial charge in [-0.1, -0.05) is 12.1 Å². The van der Waals surface area contributed by atoms with E-state index in [0.29, 0.717) is 13.2 Å². The van der Waals surface area contributed by atoms with Crippen LogP contribution in [0.5, 0.6) is 0 Å². The Kier molecular flexibility index (Phi) is 5.00. The van der Waals surface area contributed by atoms with Gasteiger partial charge in [0.15, 0.2) is 0 Å². The zero-order valence-electron chi connectivity index (χ0n) is 17.5. The minimum atomic E-state index is -0.252. The maximum atomic E-state index is 13.4. The summed E-state index contributed by atoms with van der Waals surface area (Å²) in [7, 11) is 0. The van der Waals surface area contributed by atoms with Crippen molar-refractivity contribution < 1.29 is 9.13 Å². The predicted molar refractivity (Wildman–Crippen MR) is 119 cm³/mol. The fourth-order valence-corrected chi connectivity index (χ4v) is 3.99. The Morgan fingerprint density at radius 3 is 2.65 bits per heavy atom. The molecule has 0 amide bonds. The lowest BCUT2D eigenvalue weighted by Crippen LogP contribution is -2.17. The summed E-state index contributed by atoms with van der Waals surface area (Å²) in [6, 6.07) is 12.8. The third kappa shape index (κ3) is 3.82. The van der Waals surface area contributed by atoms with Crippen molar-refractivity contribution in [3.05, 3.63) is 89.1 Å². The first-order valence-corrected chi connectivity index (χ1v) is 10.3. The van der Waals surface area contributed by atoms with Crippen molar-refractivity contribution in [3.63, 3.8) is 0 Å². The Hall–Kier alpha value is -3.51. The molecule has 2 aromatic carbocycles. The Balaban J connectivity index is 1.47. The number of hydrogen-bond acceptors (Lipinski definition) is 3. The quantitative estimate of drug-likeness (QED) is 0.462. The highest BCUT2D eigenvalue weighted by molar-refractivity contribution is 5.71. The van der Waals surface area contributed by atoms with E-state index in [9.17, 15) is 4.39 Å². The lowest BCUT2D eigenvalue weighted by Gasteiger charge is -2.17. The molecule has 1 aliphatic rings. The number of nitrogens with zero attached hydrogens (tertiary/aromatic N) is 4. The number of fused-ring (bicyclic) bond motifs is 1. The molecule has 0 saturated heterocycles. The third-order valence-electron chi connectivity index (χ3n) is 5.55. The van der Waals surface area contributed by atoms with Crippen LogP contribution >= 0.6 is 0 Å². The predicted octanol–water partition coefficient (Wildman–Crippen LogP) is 5.19. The van der Waals surface area contributed by atoms with Gasteiger partial charge in [-0.3, -0.25) is 0 Å². The molecule has 4 aromatic rings. The van der Waals surface area contributed by atoms with E-state index in [2.05, 4.69) is 40.7 Å². The molecule has 31 heavy (non-hydrogen) atoms. The van der Waals surface area contributed by atoms with Gasteiger partial charge in [0, 0.05) is 24.0 Å². The molecule has 0 atom stereocenters. The molecule has 0 saturated carbocycles. The highest BCUT2D eigenvalue weighted by Crippen LogP contribution is 2.28.